The maximum Gasteiger partial charge on any atom is 0.194 e. The second-order valence-corrected chi connectivity index (χ2v) is 9.90. The van der Waals surface area contributed by atoms with E-state index in [1.165, 1.54) is 5.56 Å². The summed E-state index contributed by atoms with van der Waals surface area (Å²) in [7, 11) is 0. The van der Waals surface area contributed by atoms with Crippen LogP contribution in [-0.4, -0.2) is 60.8 Å². The Hall–Kier alpha value is -0.540. The van der Waals surface area contributed by atoms with E-state index in [-0.39, 0.29) is 40.0 Å². The molecule has 1 N–H and O–H groups in total. The van der Waals surface area contributed by atoms with Crippen LogP contribution in [0.25, 0.3) is 0 Å². The van der Waals surface area contributed by atoms with Crippen molar-refractivity contribution in [3.8, 4) is 0 Å². The van der Waals surface area contributed by atoms with E-state index in [0.717, 1.165) is 57.4 Å². The number of aliphatic imine (C=N–C) groups is 1. The predicted molar refractivity (Wildman–Crippen MR) is 128 cm³/mol. The lowest BCUT2D eigenvalue weighted by Crippen LogP contribution is -2.51. The zero-order valence-corrected chi connectivity index (χ0v) is 20.3. The maximum absolute atomic E-state index is 13.4. The summed E-state index contributed by atoms with van der Waals surface area (Å²) in [6, 6.07) is 6.96. The molecule has 0 unspecified atom stereocenters. The van der Waals surface area contributed by atoms with Gasteiger partial charge < -0.3 is 15.0 Å². The number of thioether (sulfide) groups is 1. The molecular weight excluding hydrogens is 488 g/mol. The lowest BCUT2D eigenvalue weighted by molar-refractivity contribution is 0.0530. The number of rotatable bonds is 4. The molecule has 0 amide bonds. The van der Waals surface area contributed by atoms with Crippen molar-refractivity contribution in [2.45, 2.75) is 43.8 Å². The second-order valence-electron chi connectivity index (χ2n) is 8.10. The third-order valence-electron chi connectivity index (χ3n) is 5.50. The number of guanidine groups is 1. The molecule has 0 radical (unpaired) electrons. The molecule has 2 saturated heterocycles. The summed E-state index contributed by atoms with van der Waals surface area (Å²) >= 11 is 2.03. The third-order valence-corrected chi connectivity index (χ3v) is 6.80. The number of benzene rings is 1. The molecule has 158 valence electrons. The molecular formula is C21H33FIN3OS. The first kappa shape index (κ1) is 23.7. The van der Waals surface area contributed by atoms with Crippen molar-refractivity contribution >= 4 is 41.7 Å². The van der Waals surface area contributed by atoms with E-state index >= 15 is 0 Å². The van der Waals surface area contributed by atoms with Crippen LogP contribution < -0.4 is 5.32 Å². The lowest BCUT2D eigenvalue weighted by atomic mass is 9.74. The van der Waals surface area contributed by atoms with E-state index in [1.807, 2.05) is 23.9 Å². The highest BCUT2D eigenvalue weighted by molar-refractivity contribution is 14.0. The molecule has 28 heavy (non-hydrogen) atoms. The molecule has 7 heteroatoms. The first-order chi connectivity index (χ1) is 12.9. The van der Waals surface area contributed by atoms with Gasteiger partial charge >= 0.3 is 0 Å². The number of nitrogens with zero attached hydrogens (tertiary/aromatic N) is 2. The average Bonchev–Trinajstić information content (AvgIpc) is 2.65. The SMILES string of the molecule is CCNC(=NCC1(c2ccc(F)cc2)CCOCC1)N1CCSC(C)(C)C1.I. The zero-order valence-electron chi connectivity index (χ0n) is 17.2. The van der Waals surface area contributed by atoms with Crippen molar-refractivity contribution in [3.63, 3.8) is 0 Å². The molecule has 0 saturated carbocycles. The summed E-state index contributed by atoms with van der Waals surface area (Å²) in [6.45, 7) is 11.8. The van der Waals surface area contributed by atoms with Crippen LogP contribution in [0.4, 0.5) is 4.39 Å². The van der Waals surface area contributed by atoms with E-state index in [2.05, 4.69) is 31.0 Å². The molecule has 2 aliphatic heterocycles. The second kappa shape index (κ2) is 10.5. The quantitative estimate of drug-likeness (QED) is 0.365. The van der Waals surface area contributed by atoms with E-state index < -0.39 is 0 Å². The fourth-order valence-electron chi connectivity index (χ4n) is 3.95. The minimum Gasteiger partial charge on any atom is -0.381 e. The molecule has 2 fully saturated rings. The third kappa shape index (κ3) is 5.98. The van der Waals surface area contributed by atoms with Crippen molar-refractivity contribution in [2.24, 2.45) is 4.99 Å². The van der Waals surface area contributed by atoms with Gasteiger partial charge in [0.15, 0.2) is 5.96 Å². The molecule has 3 rings (SSSR count). The summed E-state index contributed by atoms with van der Waals surface area (Å²) in [5.41, 5.74) is 1.09. The molecule has 4 nitrogen and oxygen atoms in total. The van der Waals surface area contributed by atoms with Gasteiger partial charge in [0.05, 0.1) is 6.54 Å². The van der Waals surface area contributed by atoms with E-state index in [1.54, 1.807) is 12.1 Å². The molecule has 2 heterocycles. The van der Waals surface area contributed by atoms with Gasteiger partial charge in [-0.2, -0.15) is 11.8 Å². The minimum absolute atomic E-state index is 0. The monoisotopic (exact) mass is 521 g/mol. The molecule has 1 aromatic rings. The average molecular weight is 521 g/mol. The van der Waals surface area contributed by atoms with Crippen LogP contribution >= 0.6 is 35.7 Å². The Morgan fingerprint density at radius 2 is 1.93 bits per heavy atom. The molecule has 0 aromatic heterocycles. The van der Waals surface area contributed by atoms with Gasteiger partial charge in [0.25, 0.3) is 0 Å². The molecule has 1 aromatic carbocycles. The van der Waals surface area contributed by atoms with E-state index in [0.29, 0.717) is 6.54 Å². The van der Waals surface area contributed by atoms with Gasteiger partial charge in [-0.25, -0.2) is 4.39 Å². The first-order valence-electron chi connectivity index (χ1n) is 9.95. The normalized spacial score (nSPS) is 21.7. The summed E-state index contributed by atoms with van der Waals surface area (Å²) < 4.78 is 19.3. The van der Waals surface area contributed by atoms with Crippen LogP contribution in [0.3, 0.4) is 0 Å². The molecule has 0 atom stereocenters. The summed E-state index contributed by atoms with van der Waals surface area (Å²) in [5.74, 6) is 1.93. The molecule has 0 spiro atoms. The Morgan fingerprint density at radius 1 is 1.25 bits per heavy atom. The molecule has 0 bridgehead atoms. The van der Waals surface area contributed by atoms with Gasteiger partial charge in [-0.15, -0.1) is 24.0 Å². The predicted octanol–water partition coefficient (Wildman–Crippen LogP) is 4.28. The number of halogens is 2. The summed E-state index contributed by atoms with van der Waals surface area (Å²) in [6.07, 6.45) is 1.84. The first-order valence-corrected chi connectivity index (χ1v) is 10.9. The largest absolute Gasteiger partial charge is 0.381 e. The smallest absolute Gasteiger partial charge is 0.194 e. The van der Waals surface area contributed by atoms with Crippen LogP contribution in [-0.2, 0) is 10.2 Å². The van der Waals surface area contributed by atoms with Crippen molar-refractivity contribution in [1.82, 2.24) is 10.2 Å². The Morgan fingerprint density at radius 3 is 2.54 bits per heavy atom. The summed E-state index contributed by atoms with van der Waals surface area (Å²) in [4.78, 5) is 7.46. The van der Waals surface area contributed by atoms with Gasteiger partial charge in [-0.3, -0.25) is 4.99 Å². The standard InChI is InChI=1S/C21H32FN3OS.HI/c1-4-23-19(25-11-14-27-20(2,3)16-25)24-15-21(9-12-26-13-10-21)17-5-7-18(22)8-6-17;/h5-8H,4,9-16H2,1-3H3,(H,23,24);1H. The summed E-state index contributed by atoms with van der Waals surface area (Å²) in [5, 5.41) is 3.48. The van der Waals surface area contributed by atoms with Crippen LogP contribution in [0.2, 0.25) is 0 Å². The Bertz CT molecular complexity index is 648. The minimum atomic E-state index is -0.189. The number of ether oxygens (including phenoxy) is 1. The van der Waals surface area contributed by atoms with Gasteiger partial charge in [0.2, 0.25) is 0 Å². The van der Waals surface area contributed by atoms with Gasteiger partial charge in [0, 0.05) is 48.8 Å². The molecule has 2 aliphatic rings. The van der Waals surface area contributed by atoms with Crippen molar-refractivity contribution in [1.29, 1.82) is 0 Å². The van der Waals surface area contributed by atoms with E-state index in [9.17, 15) is 4.39 Å². The van der Waals surface area contributed by atoms with Gasteiger partial charge in [0.1, 0.15) is 5.82 Å². The highest BCUT2D eigenvalue weighted by Gasteiger charge is 2.35. The highest BCUT2D eigenvalue weighted by Crippen LogP contribution is 2.36. The van der Waals surface area contributed by atoms with Crippen molar-refractivity contribution < 1.29 is 9.13 Å². The van der Waals surface area contributed by atoms with E-state index in [4.69, 9.17) is 9.73 Å². The van der Waals surface area contributed by atoms with Gasteiger partial charge in [-0.1, -0.05) is 12.1 Å². The number of hydrogen-bond acceptors (Lipinski definition) is 3. The van der Waals surface area contributed by atoms with Crippen LogP contribution in [0.15, 0.2) is 29.3 Å². The van der Waals surface area contributed by atoms with Crippen molar-refractivity contribution in [3.05, 3.63) is 35.6 Å². The van der Waals surface area contributed by atoms with Crippen LogP contribution in [0, 0.1) is 5.82 Å². The Kier molecular flexibility index (Phi) is 8.88. The maximum atomic E-state index is 13.4. The Balaban J connectivity index is 0.00000280. The topological polar surface area (TPSA) is 36.9 Å². The number of nitrogens with one attached hydrogen (secondary N) is 1. The van der Waals surface area contributed by atoms with Crippen LogP contribution in [0.5, 0.6) is 0 Å². The van der Waals surface area contributed by atoms with Gasteiger partial charge in [-0.05, 0) is 51.3 Å². The Labute approximate surface area is 190 Å². The fourth-order valence-corrected chi connectivity index (χ4v) is 5.06. The lowest BCUT2D eigenvalue weighted by Gasteiger charge is -2.40. The van der Waals surface area contributed by atoms with Crippen molar-refractivity contribution in [2.75, 3.05) is 45.1 Å². The number of hydrogen-bond donors (Lipinski definition) is 1. The highest BCUT2D eigenvalue weighted by atomic mass is 127. The van der Waals surface area contributed by atoms with Crippen LogP contribution in [0.1, 0.15) is 39.2 Å². The fraction of sp³-hybridized carbons (Fsp3) is 0.667. The molecule has 0 aliphatic carbocycles. The zero-order chi connectivity index (χ0) is 19.3.